The van der Waals surface area contributed by atoms with Gasteiger partial charge in [0.25, 0.3) is 0 Å². The molecule has 1 aromatic carbocycles. The van der Waals surface area contributed by atoms with Gasteiger partial charge in [-0.2, -0.15) is 0 Å². The Kier molecular flexibility index (Phi) is 2.68. The molecule has 2 N–H and O–H groups in total. The molecule has 0 unspecified atom stereocenters. The number of nitrogens with zero attached hydrogens (tertiary/aromatic N) is 2. The van der Waals surface area contributed by atoms with Crippen molar-refractivity contribution >= 4 is 28.6 Å². The third-order valence-corrected chi connectivity index (χ3v) is 2.92. The molecule has 3 rings (SSSR count). The second kappa shape index (κ2) is 4.37. The van der Waals surface area contributed by atoms with Crippen LogP contribution in [0.15, 0.2) is 36.5 Å². The summed E-state index contributed by atoms with van der Waals surface area (Å²) < 4.78 is 0. The monoisotopic (exact) mass is 273 g/mol. The molecule has 94 valence electrons. The first kappa shape index (κ1) is 11.7. The first-order valence-corrected chi connectivity index (χ1v) is 5.86. The van der Waals surface area contributed by atoms with Crippen molar-refractivity contribution in [2.24, 2.45) is 0 Å². The number of aromatic carboxylic acids is 1. The summed E-state index contributed by atoms with van der Waals surface area (Å²) in [7, 11) is 0. The average molecular weight is 274 g/mol. The number of pyridine rings is 1. The maximum atomic E-state index is 10.9. The van der Waals surface area contributed by atoms with E-state index in [4.69, 9.17) is 16.7 Å². The fourth-order valence-corrected chi connectivity index (χ4v) is 1.89. The molecular formula is C13H8ClN3O2. The van der Waals surface area contributed by atoms with E-state index in [9.17, 15) is 4.79 Å². The Morgan fingerprint density at radius 1 is 1.26 bits per heavy atom. The summed E-state index contributed by atoms with van der Waals surface area (Å²) in [4.78, 5) is 22.5. The molecule has 0 saturated carbocycles. The minimum absolute atomic E-state index is 0.215. The van der Waals surface area contributed by atoms with Crippen LogP contribution in [0.3, 0.4) is 0 Å². The molecule has 0 aliphatic rings. The van der Waals surface area contributed by atoms with Gasteiger partial charge in [0, 0.05) is 6.20 Å². The molecule has 2 heterocycles. The number of hydrogen-bond acceptors (Lipinski definition) is 3. The van der Waals surface area contributed by atoms with Crippen LogP contribution in [0.4, 0.5) is 0 Å². The highest BCUT2D eigenvalue weighted by Crippen LogP contribution is 2.20. The highest BCUT2D eigenvalue weighted by molar-refractivity contribution is 6.30. The van der Waals surface area contributed by atoms with E-state index in [-0.39, 0.29) is 5.56 Å². The third kappa shape index (κ3) is 2.15. The van der Waals surface area contributed by atoms with Crippen molar-refractivity contribution < 1.29 is 9.90 Å². The van der Waals surface area contributed by atoms with Gasteiger partial charge in [0.05, 0.1) is 21.6 Å². The molecule has 0 atom stereocenters. The zero-order valence-corrected chi connectivity index (χ0v) is 10.3. The van der Waals surface area contributed by atoms with E-state index in [1.54, 1.807) is 24.3 Å². The van der Waals surface area contributed by atoms with Gasteiger partial charge in [-0.1, -0.05) is 11.6 Å². The Morgan fingerprint density at radius 3 is 2.79 bits per heavy atom. The fraction of sp³-hybridized carbons (Fsp3) is 0. The van der Waals surface area contributed by atoms with E-state index in [1.807, 2.05) is 0 Å². The number of carbonyl (C=O) groups is 1. The van der Waals surface area contributed by atoms with Gasteiger partial charge >= 0.3 is 5.97 Å². The zero-order chi connectivity index (χ0) is 13.4. The van der Waals surface area contributed by atoms with E-state index in [2.05, 4.69) is 15.0 Å². The van der Waals surface area contributed by atoms with Crippen LogP contribution in [-0.2, 0) is 0 Å². The van der Waals surface area contributed by atoms with Gasteiger partial charge in [-0.3, -0.25) is 4.98 Å². The van der Waals surface area contributed by atoms with E-state index >= 15 is 0 Å². The molecule has 19 heavy (non-hydrogen) atoms. The van der Waals surface area contributed by atoms with Crippen LogP contribution in [0.5, 0.6) is 0 Å². The lowest BCUT2D eigenvalue weighted by Gasteiger charge is -1.94. The highest BCUT2D eigenvalue weighted by atomic mass is 35.5. The molecule has 5 nitrogen and oxygen atoms in total. The highest BCUT2D eigenvalue weighted by Gasteiger charge is 2.09. The predicted octanol–water partition coefficient (Wildman–Crippen LogP) is 2.98. The maximum absolute atomic E-state index is 10.9. The number of fused-ring (bicyclic) bond motifs is 1. The Labute approximate surface area is 112 Å². The number of carboxylic acid groups (broad SMARTS) is 1. The summed E-state index contributed by atoms with van der Waals surface area (Å²) in [5.74, 6) is -0.392. The number of aromatic nitrogens is 3. The van der Waals surface area contributed by atoms with Crippen molar-refractivity contribution in [2.45, 2.75) is 0 Å². The molecule has 6 heteroatoms. The predicted molar refractivity (Wildman–Crippen MR) is 71.3 cm³/mol. The summed E-state index contributed by atoms with van der Waals surface area (Å²) >= 11 is 5.78. The van der Waals surface area contributed by atoms with Gasteiger partial charge in [-0.05, 0) is 30.3 Å². The number of H-pyrrole nitrogens is 1. The SMILES string of the molecule is O=C(O)c1ccc2nc(-c3ccc(Cl)cn3)[nH]c2c1. The normalized spacial score (nSPS) is 10.8. The first-order chi connectivity index (χ1) is 9.13. The number of benzene rings is 1. The molecule has 0 amide bonds. The number of rotatable bonds is 2. The van der Waals surface area contributed by atoms with E-state index in [1.165, 1.54) is 12.3 Å². The van der Waals surface area contributed by atoms with E-state index in [0.717, 1.165) is 0 Å². The minimum atomic E-state index is -0.970. The molecule has 0 radical (unpaired) electrons. The van der Waals surface area contributed by atoms with Crippen molar-refractivity contribution in [3.05, 3.63) is 47.1 Å². The van der Waals surface area contributed by atoms with Crippen molar-refractivity contribution in [1.82, 2.24) is 15.0 Å². The molecule has 0 saturated heterocycles. The molecule has 0 spiro atoms. The topological polar surface area (TPSA) is 78.9 Å². The number of carboxylic acids is 1. The number of halogens is 1. The smallest absolute Gasteiger partial charge is 0.335 e. The number of imidazole rings is 1. The average Bonchev–Trinajstić information content (AvgIpc) is 2.82. The van der Waals surface area contributed by atoms with Gasteiger partial charge in [0.1, 0.15) is 5.69 Å². The van der Waals surface area contributed by atoms with Crippen LogP contribution in [0.1, 0.15) is 10.4 Å². The van der Waals surface area contributed by atoms with Crippen molar-refractivity contribution in [3.8, 4) is 11.5 Å². The standard InChI is InChI=1S/C13H8ClN3O2/c14-8-2-4-10(15-6-8)12-16-9-3-1-7(13(18)19)5-11(9)17-12/h1-6H,(H,16,17)(H,18,19). The van der Waals surface area contributed by atoms with Crippen LogP contribution in [0.25, 0.3) is 22.6 Å². The molecule has 2 aromatic heterocycles. The van der Waals surface area contributed by atoms with Crippen molar-refractivity contribution in [1.29, 1.82) is 0 Å². The lowest BCUT2D eigenvalue weighted by atomic mass is 10.2. The lowest BCUT2D eigenvalue weighted by Crippen LogP contribution is -1.94. The summed E-state index contributed by atoms with van der Waals surface area (Å²) in [5, 5.41) is 9.49. The number of nitrogens with one attached hydrogen (secondary N) is 1. The Hall–Kier alpha value is -2.40. The van der Waals surface area contributed by atoms with Crippen LogP contribution < -0.4 is 0 Å². The molecular weight excluding hydrogens is 266 g/mol. The summed E-state index contributed by atoms with van der Waals surface area (Å²) in [6, 6.07) is 8.20. The van der Waals surface area contributed by atoms with Crippen LogP contribution in [0, 0.1) is 0 Å². The summed E-state index contributed by atoms with van der Waals surface area (Å²) in [6.07, 6.45) is 1.53. The first-order valence-electron chi connectivity index (χ1n) is 5.48. The molecule has 0 bridgehead atoms. The van der Waals surface area contributed by atoms with Crippen molar-refractivity contribution in [3.63, 3.8) is 0 Å². The lowest BCUT2D eigenvalue weighted by molar-refractivity contribution is 0.0697. The second-order valence-corrected chi connectivity index (χ2v) is 4.42. The molecule has 0 aliphatic heterocycles. The van der Waals surface area contributed by atoms with Gasteiger partial charge in [0.15, 0.2) is 5.82 Å². The largest absolute Gasteiger partial charge is 0.478 e. The van der Waals surface area contributed by atoms with Gasteiger partial charge in [-0.25, -0.2) is 9.78 Å². The maximum Gasteiger partial charge on any atom is 0.335 e. The molecule has 3 aromatic rings. The van der Waals surface area contributed by atoms with E-state index in [0.29, 0.717) is 27.6 Å². The van der Waals surface area contributed by atoms with Gasteiger partial charge in [-0.15, -0.1) is 0 Å². The van der Waals surface area contributed by atoms with Crippen LogP contribution >= 0.6 is 11.6 Å². The number of hydrogen-bond donors (Lipinski definition) is 2. The second-order valence-electron chi connectivity index (χ2n) is 3.98. The third-order valence-electron chi connectivity index (χ3n) is 2.70. The Balaban J connectivity index is 2.11. The van der Waals surface area contributed by atoms with Gasteiger partial charge in [0.2, 0.25) is 0 Å². The quantitative estimate of drug-likeness (QED) is 0.752. The van der Waals surface area contributed by atoms with Crippen LogP contribution in [0.2, 0.25) is 5.02 Å². The van der Waals surface area contributed by atoms with Gasteiger partial charge < -0.3 is 10.1 Å². The summed E-state index contributed by atoms with van der Waals surface area (Å²) in [6.45, 7) is 0. The number of aromatic amines is 1. The minimum Gasteiger partial charge on any atom is -0.478 e. The van der Waals surface area contributed by atoms with Crippen LogP contribution in [-0.4, -0.2) is 26.0 Å². The Morgan fingerprint density at radius 2 is 2.11 bits per heavy atom. The fourth-order valence-electron chi connectivity index (χ4n) is 1.78. The zero-order valence-electron chi connectivity index (χ0n) is 9.59. The van der Waals surface area contributed by atoms with Crippen molar-refractivity contribution in [2.75, 3.05) is 0 Å². The summed E-state index contributed by atoms with van der Waals surface area (Å²) in [5.41, 5.74) is 2.22. The molecule has 0 aliphatic carbocycles. The molecule has 0 fully saturated rings. The Bertz CT molecular complexity index is 765. The van der Waals surface area contributed by atoms with E-state index < -0.39 is 5.97 Å².